The van der Waals surface area contributed by atoms with Gasteiger partial charge in [-0.3, -0.25) is 14.5 Å². The minimum atomic E-state index is -0.627. The van der Waals surface area contributed by atoms with E-state index < -0.39 is 11.9 Å². The van der Waals surface area contributed by atoms with E-state index in [1.165, 1.54) is 0 Å². The van der Waals surface area contributed by atoms with Gasteiger partial charge in [0.2, 0.25) is 11.8 Å². The molecule has 2 amide bonds. The molecule has 0 aliphatic carbocycles. The van der Waals surface area contributed by atoms with Crippen LogP contribution < -0.4 is 11.1 Å². The highest BCUT2D eigenvalue weighted by molar-refractivity contribution is 5.89. The summed E-state index contributed by atoms with van der Waals surface area (Å²) in [6, 6.07) is -0.970. The average Bonchev–Trinajstić information content (AvgIpc) is 2.25. The molecule has 0 aromatic heterocycles. The highest BCUT2D eigenvalue weighted by Crippen LogP contribution is 2.06. The van der Waals surface area contributed by atoms with E-state index in [4.69, 9.17) is 10.5 Å². The number of nitrogens with zero attached hydrogens (tertiary/aromatic N) is 1. The molecule has 1 heterocycles. The van der Waals surface area contributed by atoms with Crippen molar-refractivity contribution in [3.63, 3.8) is 0 Å². The number of amides is 2. The van der Waals surface area contributed by atoms with Crippen LogP contribution in [0, 0.1) is 5.92 Å². The number of primary amides is 1. The minimum absolute atomic E-state index is 0.0220. The zero-order valence-corrected chi connectivity index (χ0v) is 10.6. The zero-order chi connectivity index (χ0) is 13.0. The van der Waals surface area contributed by atoms with Crippen molar-refractivity contribution in [3.05, 3.63) is 0 Å². The van der Waals surface area contributed by atoms with Gasteiger partial charge in [0, 0.05) is 6.54 Å². The fraction of sp³-hybridized carbons (Fsp3) is 0.818. The number of ether oxygens (including phenoxy) is 1. The largest absolute Gasteiger partial charge is 0.378 e. The molecule has 1 saturated heterocycles. The van der Waals surface area contributed by atoms with Gasteiger partial charge in [0.05, 0.1) is 13.2 Å². The molecule has 2 atom stereocenters. The van der Waals surface area contributed by atoms with Crippen LogP contribution in [-0.2, 0) is 14.3 Å². The van der Waals surface area contributed by atoms with Crippen LogP contribution >= 0.6 is 0 Å². The third kappa shape index (κ3) is 3.67. The van der Waals surface area contributed by atoms with E-state index in [1.807, 2.05) is 25.8 Å². The van der Waals surface area contributed by atoms with Crippen molar-refractivity contribution in [2.24, 2.45) is 11.7 Å². The summed E-state index contributed by atoms with van der Waals surface area (Å²) in [4.78, 5) is 25.1. The summed E-state index contributed by atoms with van der Waals surface area (Å²) in [7, 11) is 1.86. The molecule has 1 aliphatic rings. The number of carbonyl (C=O) groups is 2. The fourth-order valence-corrected chi connectivity index (χ4v) is 1.78. The summed E-state index contributed by atoms with van der Waals surface area (Å²) < 4.78 is 5.26. The van der Waals surface area contributed by atoms with Crippen LogP contribution in [-0.4, -0.2) is 55.6 Å². The molecular weight excluding hydrogens is 222 g/mol. The van der Waals surface area contributed by atoms with Crippen LogP contribution in [0.3, 0.4) is 0 Å². The molecular formula is C11H21N3O3. The maximum atomic E-state index is 12.0. The predicted octanol–water partition coefficient (Wildman–Crippen LogP) is -1.06. The van der Waals surface area contributed by atoms with E-state index in [-0.39, 0.29) is 17.9 Å². The zero-order valence-electron chi connectivity index (χ0n) is 10.6. The van der Waals surface area contributed by atoms with Gasteiger partial charge < -0.3 is 15.8 Å². The molecule has 1 fully saturated rings. The van der Waals surface area contributed by atoms with Gasteiger partial charge in [-0.2, -0.15) is 0 Å². The molecule has 0 aromatic rings. The van der Waals surface area contributed by atoms with E-state index in [1.54, 1.807) is 0 Å². The van der Waals surface area contributed by atoms with Gasteiger partial charge in [0.15, 0.2) is 0 Å². The maximum absolute atomic E-state index is 12.0. The Bertz CT molecular complexity index is 294. The highest BCUT2D eigenvalue weighted by atomic mass is 16.5. The van der Waals surface area contributed by atoms with Gasteiger partial charge >= 0.3 is 0 Å². The summed E-state index contributed by atoms with van der Waals surface area (Å²) >= 11 is 0. The first-order valence-electron chi connectivity index (χ1n) is 5.81. The van der Waals surface area contributed by atoms with Crippen molar-refractivity contribution in [2.45, 2.75) is 25.9 Å². The summed E-state index contributed by atoms with van der Waals surface area (Å²) in [6.07, 6.45) is 0. The Balaban J connectivity index is 2.60. The monoisotopic (exact) mass is 243 g/mol. The van der Waals surface area contributed by atoms with Gasteiger partial charge in [-0.25, -0.2) is 0 Å². The quantitative estimate of drug-likeness (QED) is 0.659. The molecule has 17 heavy (non-hydrogen) atoms. The van der Waals surface area contributed by atoms with Crippen molar-refractivity contribution in [3.8, 4) is 0 Å². The molecule has 2 unspecified atom stereocenters. The summed E-state index contributed by atoms with van der Waals surface area (Å²) in [5.74, 6) is -0.733. The molecule has 0 spiro atoms. The van der Waals surface area contributed by atoms with Gasteiger partial charge in [-0.1, -0.05) is 13.8 Å². The third-order valence-corrected chi connectivity index (χ3v) is 2.97. The van der Waals surface area contributed by atoms with Crippen molar-refractivity contribution < 1.29 is 14.3 Å². The average molecular weight is 243 g/mol. The Labute approximate surface area is 101 Å². The van der Waals surface area contributed by atoms with Crippen LogP contribution in [0.5, 0.6) is 0 Å². The number of nitrogens with one attached hydrogen (secondary N) is 1. The molecule has 0 saturated carbocycles. The van der Waals surface area contributed by atoms with Crippen LogP contribution in [0.15, 0.2) is 0 Å². The summed E-state index contributed by atoms with van der Waals surface area (Å²) in [5.41, 5.74) is 5.25. The topological polar surface area (TPSA) is 84.7 Å². The second kappa shape index (κ2) is 5.97. The number of rotatable bonds is 4. The fourth-order valence-electron chi connectivity index (χ4n) is 1.78. The lowest BCUT2D eigenvalue weighted by molar-refractivity contribution is -0.135. The molecule has 1 aliphatic heterocycles. The van der Waals surface area contributed by atoms with Crippen LogP contribution in [0.2, 0.25) is 0 Å². The van der Waals surface area contributed by atoms with E-state index in [0.717, 1.165) is 0 Å². The first kappa shape index (κ1) is 13.9. The molecule has 0 radical (unpaired) electrons. The number of nitrogens with two attached hydrogens (primary N) is 1. The van der Waals surface area contributed by atoms with E-state index in [2.05, 4.69) is 5.32 Å². The second-order valence-corrected chi connectivity index (χ2v) is 4.70. The lowest BCUT2D eigenvalue weighted by Crippen LogP contribution is -2.57. The van der Waals surface area contributed by atoms with Crippen molar-refractivity contribution in [1.29, 1.82) is 0 Å². The van der Waals surface area contributed by atoms with Crippen LogP contribution in [0.1, 0.15) is 13.8 Å². The number of morpholine rings is 1. The summed E-state index contributed by atoms with van der Waals surface area (Å²) in [5, 5.41) is 2.68. The van der Waals surface area contributed by atoms with Gasteiger partial charge in [0.1, 0.15) is 12.1 Å². The molecule has 3 N–H and O–H groups in total. The lowest BCUT2D eigenvalue weighted by atomic mass is 10.0. The van der Waals surface area contributed by atoms with Crippen molar-refractivity contribution >= 4 is 11.8 Å². The van der Waals surface area contributed by atoms with E-state index in [9.17, 15) is 9.59 Å². The molecule has 0 aromatic carbocycles. The lowest BCUT2D eigenvalue weighted by Gasteiger charge is -2.32. The number of hydrogen-bond donors (Lipinski definition) is 2. The Morgan fingerprint density at radius 3 is 2.59 bits per heavy atom. The number of likely N-dealkylation sites (N-methyl/N-ethyl adjacent to an activating group) is 1. The van der Waals surface area contributed by atoms with Gasteiger partial charge in [-0.15, -0.1) is 0 Å². The number of hydrogen-bond acceptors (Lipinski definition) is 4. The first-order chi connectivity index (χ1) is 7.93. The highest BCUT2D eigenvalue weighted by Gasteiger charge is 2.30. The molecule has 1 rings (SSSR count). The Morgan fingerprint density at radius 1 is 1.47 bits per heavy atom. The smallest absolute Gasteiger partial charge is 0.240 e. The Kier molecular flexibility index (Phi) is 4.89. The minimum Gasteiger partial charge on any atom is -0.378 e. The van der Waals surface area contributed by atoms with E-state index in [0.29, 0.717) is 19.8 Å². The Hall–Kier alpha value is -1.14. The molecule has 0 bridgehead atoms. The second-order valence-electron chi connectivity index (χ2n) is 4.70. The Morgan fingerprint density at radius 2 is 2.12 bits per heavy atom. The van der Waals surface area contributed by atoms with Gasteiger partial charge in [-0.05, 0) is 13.0 Å². The standard InChI is InChI=1S/C11H21N3O3/c1-7(2)9(10(12)15)13-11(16)8-6-17-5-4-14(8)3/h7-9H,4-6H2,1-3H3,(H2,12,15)(H,13,16). The molecule has 6 nitrogen and oxygen atoms in total. The van der Waals surface area contributed by atoms with E-state index >= 15 is 0 Å². The third-order valence-electron chi connectivity index (χ3n) is 2.97. The predicted molar refractivity (Wildman–Crippen MR) is 63.2 cm³/mol. The molecule has 6 heteroatoms. The van der Waals surface area contributed by atoms with Crippen molar-refractivity contribution in [1.82, 2.24) is 10.2 Å². The molecule has 98 valence electrons. The number of carbonyl (C=O) groups excluding carboxylic acids is 2. The van der Waals surface area contributed by atoms with Gasteiger partial charge in [0.25, 0.3) is 0 Å². The maximum Gasteiger partial charge on any atom is 0.240 e. The van der Waals surface area contributed by atoms with Crippen molar-refractivity contribution in [2.75, 3.05) is 26.8 Å². The SMILES string of the molecule is CC(C)C(NC(=O)C1COCCN1C)C(N)=O. The van der Waals surface area contributed by atoms with Crippen LogP contribution in [0.4, 0.5) is 0 Å². The first-order valence-corrected chi connectivity index (χ1v) is 5.81. The van der Waals surface area contributed by atoms with Crippen LogP contribution in [0.25, 0.3) is 0 Å². The normalized spacial score (nSPS) is 23.4. The summed E-state index contributed by atoms with van der Waals surface area (Å²) in [6.45, 7) is 5.38.